The zero-order chi connectivity index (χ0) is 27.4. The molecule has 2 atom stereocenters. The molecular weight excluding hydrogens is 490 g/mol. The Kier molecular flexibility index (Phi) is 5.94. The van der Waals surface area contributed by atoms with E-state index in [1.807, 2.05) is 36.4 Å². The molecule has 194 valence electrons. The minimum Gasteiger partial charge on any atom is -0.507 e. The van der Waals surface area contributed by atoms with E-state index in [9.17, 15) is 24.3 Å². The van der Waals surface area contributed by atoms with Gasteiger partial charge in [0.2, 0.25) is 0 Å². The van der Waals surface area contributed by atoms with Crippen LogP contribution in [-0.4, -0.2) is 42.6 Å². The summed E-state index contributed by atoms with van der Waals surface area (Å²) in [4.78, 5) is 51.6. The highest BCUT2D eigenvalue weighted by Gasteiger charge is 2.58. The van der Waals surface area contributed by atoms with E-state index in [-0.39, 0.29) is 40.7 Å². The van der Waals surface area contributed by atoms with Gasteiger partial charge in [0.25, 0.3) is 5.91 Å². The lowest BCUT2D eigenvalue weighted by Gasteiger charge is -2.30. The third-order valence-electron chi connectivity index (χ3n) is 7.23. The molecule has 1 amide bonds. The van der Waals surface area contributed by atoms with Gasteiger partial charge in [-0.2, -0.15) is 0 Å². The fourth-order valence-corrected chi connectivity index (χ4v) is 5.28. The van der Waals surface area contributed by atoms with Crippen LogP contribution in [0.3, 0.4) is 0 Å². The van der Waals surface area contributed by atoms with Crippen LogP contribution in [0.25, 0.3) is 10.8 Å². The maximum Gasteiger partial charge on any atom is 0.259 e. The van der Waals surface area contributed by atoms with E-state index in [1.165, 1.54) is 20.1 Å². The van der Waals surface area contributed by atoms with Gasteiger partial charge in [0.05, 0.1) is 19.8 Å². The average molecular weight is 516 g/mol. The first-order chi connectivity index (χ1) is 18.1. The number of amides is 1. The van der Waals surface area contributed by atoms with Crippen LogP contribution in [0.1, 0.15) is 35.3 Å². The Balaban J connectivity index is 1.57. The monoisotopic (exact) mass is 515 g/mol. The van der Waals surface area contributed by atoms with Crippen LogP contribution in [0, 0.1) is 5.92 Å². The summed E-state index contributed by atoms with van der Waals surface area (Å²) in [5.74, 6) is -3.92. The molecule has 1 heterocycles. The van der Waals surface area contributed by atoms with E-state index < -0.39 is 34.6 Å². The number of fused-ring (bicyclic) bond motifs is 4. The van der Waals surface area contributed by atoms with Crippen LogP contribution >= 0.6 is 0 Å². The second-order valence-corrected chi connectivity index (χ2v) is 9.38. The topological polar surface area (TPSA) is 128 Å². The smallest absolute Gasteiger partial charge is 0.259 e. The molecule has 0 aromatic heterocycles. The number of rotatable bonds is 6. The van der Waals surface area contributed by atoms with Crippen LogP contribution in [-0.2, 0) is 26.3 Å². The maximum atomic E-state index is 13.6. The number of hydrogen-bond acceptors (Lipinski definition) is 8. The van der Waals surface area contributed by atoms with E-state index in [0.29, 0.717) is 5.75 Å². The van der Waals surface area contributed by atoms with Crippen LogP contribution in [0.5, 0.6) is 23.0 Å². The van der Waals surface area contributed by atoms with Crippen molar-refractivity contribution < 1.29 is 38.5 Å². The zero-order valence-corrected chi connectivity index (χ0v) is 21.2. The summed E-state index contributed by atoms with van der Waals surface area (Å²) in [5, 5.41) is 15.5. The number of methoxy groups -OCH3 is 2. The Hall–Kier alpha value is -4.66. The molecule has 1 aliphatic heterocycles. The zero-order valence-electron chi connectivity index (χ0n) is 21.2. The summed E-state index contributed by atoms with van der Waals surface area (Å²) in [5.41, 5.74) is -0.835. The molecule has 3 aromatic carbocycles. The number of allylic oxidation sites excluding steroid dienone is 2. The number of ether oxygens (including phenoxy) is 3. The molecule has 0 fully saturated rings. The summed E-state index contributed by atoms with van der Waals surface area (Å²) in [7, 11) is 2.92. The minimum absolute atomic E-state index is 0.00773. The van der Waals surface area contributed by atoms with Crippen LogP contribution in [0.4, 0.5) is 0 Å². The van der Waals surface area contributed by atoms with Gasteiger partial charge in [-0.1, -0.05) is 30.3 Å². The quantitative estimate of drug-likeness (QED) is 0.478. The molecule has 9 nitrogen and oxygen atoms in total. The molecule has 0 spiro atoms. The number of carbonyl (C=O) groups is 4. The number of aromatic hydroxyl groups is 1. The predicted octanol–water partition coefficient (Wildman–Crippen LogP) is 3.38. The normalized spacial score (nSPS) is 19.8. The first kappa shape index (κ1) is 25.0. The van der Waals surface area contributed by atoms with Gasteiger partial charge in [-0.15, -0.1) is 0 Å². The van der Waals surface area contributed by atoms with E-state index in [1.54, 1.807) is 7.11 Å². The lowest BCUT2D eigenvalue weighted by Crippen LogP contribution is -2.47. The highest BCUT2D eigenvalue weighted by atomic mass is 16.5. The Bertz CT molecular complexity index is 1590. The highest BCUT2D eigenvalue weighted by Crippen LogP contribution is 2.56. The number of ketones is 3. The predicted molar refractivity (Wildman–Crippen MR) is 137 cm³/mol. The second-order valence-electron chi connectivity index (χ2n) is 9.38. The fraction of sp³-hybridized carbons (Fsp3) is 0.241. The molecule has 0 bridgehead atoms. The molecular formula is C29H25NO8. The molecule has 2 aliphatic rings. The Morgan fingerprint density at radius 2 is 1.74 bits per heavy atom. The second kappa shape index (κ2) is 9.02. The van der Waals surface area contributed by atoms with Crippen LogP contribution in [0.15, 0.2) is 54.3 Å². The summed E-state index contributed by atoms with van der Waals surface area (Å²) >= 11 is 0. The van der Waals surface area contributed by atoms with Crippen molar-refractivity contribution in [3.8, 4) is 23.0 Å². The van der Waals surface area contributed by atoms with Gasteiger partial charge < -0.3 is 24.6 Å². The Labute approximate surface area is 218 Å². The maximum absolute atomic E-state index is 13.6. The minimum atomic E-state index is -1.63. The largest absolute Gasteiger partial charge is 0.507 e. The van der Waals surface area contributed by atoms with Crippen molar-refractivity contribution in [1.82, 2.24) is 5.32 Å². The molecule has 3 aromatic rings. The molecule has 1 unspecified atom stereocenters. The number of benzene rings is 3. The number of hydrogen-bond donors (Lipinski definition) is 2. The lowest BCUT2D eigenvalue weighted by molar-refractivity contribution is -0.140. The highest BCUT2D eigenvalue weighted by molar-refractivity contribution is 6.27. The van der Waals surface area contributed by atoms with E-state index in [0.717, 1.165) is 29.3 Å². The van der Waals surface area contributed by atoms with Crippen LogP contribution < -0.4 is 19.5 Å². The molecule has 0 saturated heterocycles. The molecule has 9 heteroatoms. The van der Waals surface area contributed by atoms with Gasteiger partial charge in [-0.3, -0.25) is 19.2 Å². The number of Topliss-reactive ketones (excluding diaryl/α,β-unsaturated/α-hetero) is 2. The summed E-state index contributed by atoms with van der Waals surface area (Å²) in [6.07, 6.45) is 1.09. The van der Waals surface area contributed by atoms with Crippen molar-refractivity contribution in [2.45, 2.75) is 25.8 Å². The van der Waals surface area contributed by atoms with Crippen molar-refractivity contribution in [3.05, 3.63) is 71.0 Å². The van der Waals surface area contributed by atoms with Crippen molar-refractivity contribution in [2.24, 2.45) is 5.92 Å². The fourth-order valence-electron chi connectivity index (χ4n) is 5.28. The van der Waals surface area contributed by atoms with Crippen molar-refractivity contribution in [3.63, 3.8) is 0 Å². The third kappa shape index (κ3) is 3.53. The molecule has 0 radical (unpaired) electrons. The Morgan fingerprint density at radius 1 is 1.05 bits per heavy atom. The van der Waals surface area contributed by atoms with Crippen molar-refractivity contribution in [2.75, 3.05) is 14.2 Å². The Morgan fingerprint density at radius 3 is 2.39 bits per heavy atom. The molecule has 38 heavy (non-hydrogen) atoms. The van der Waals surface area contributed by atoms with Gasteiger partial charge in [0.15, 0.2) is 17.3 Å². The average Bonchev–Trinajstić information content (AvgIpc) is 3.20. The number of phenolic OH excluding ortho intramolecular Hbond substituents is 1. The summed E-state index contributed by atoms with van der Waals surface area (Å²) in [6.45, 7) is 2.77. The van der Waals surface area contributed by atoms with Crippen molar-refractivity contribution >= 4 is 34.0 Å². The van der Waals surface area contributed by atoms with Crippen molar-refractivity contribution in [1.29, 1.82) is 0 Å². The number of carbonyl (C=O) groups excluding carboxylic acids is 4. The van der Waals surface area contributed by atoms with Gasteiger partial charge in [0.1, 0.15) is 45.7 Å². The van der Waals surface area contributed by atoms with E-state index >= 15 is 0 Å². The summed E-state index contributed by atoms with van der Waals surface area (Å²) in [6, 6.07) is 12.5. The molecule has 2 N–H and O–H groups in total. The van der Waals surface area contributed by atoms with Gasteiger partial charge in [-0.05, 0) is 30.9 Å². The molecule has 1 aliphatic carbocycles. The van der Waals surface area contributed by atoms with E-state index in [2.05, 4.69) is 5.32 Å². The summed E-state index contributed by atoms with van der Waals surface area (Å²) < 4.78 is 16.7. The van der Waals surface area contributed by atoms with Gasteiger partial charge in [-0.25, -0.2) is 0 Å². The number of phenols is 1. The van der Waals surface area contributed by atoms with Crippen LogP contribution in [0.2, 0.25) is 0 Å². The molecule has 0 saturated carbocycles. The van der Waals surface area contributed by atoms with E-state index in [4.69, 9.17) is 14.2 Å². The molecule has 5 rings (SSSR count). The number of nitrogens with one attached hydrogen (secondary N) is 1. The van der Waals surface area contributed by atoms with Gasteiger partial charge in [0, 0.05) is 24.1 Å². The first-order valence-corrected chi connectivity index (χ1v) is 11.9. The lowest BCUT2D eigenvalue weighted by atomic mass is 9.67. The third-order valence-corrected chi connectivity index (χ3v) is 7.23. The first-order valence-electron chi connectivity index (χ1n) is 11.9. The van der Waals surface area contributed by atoms with Gasteiger partial charge >= 0.3 is 0 Å². The standard InChI is InChI=1S/C29H25NO8/c1-14(31)23-18(32)12-22-29(2,27(23)34)25-19(33)11-21(37-4)24(26(25)38-22)28(35)30-13-15-9-10-20(36-3)17-8-6-5-7-16(15)17/h5-12,23,33H,13H2,1-4H3,(H,30,35)/t23?,29-/m1/s1. The SMILES string of the molecule is COc1cc(O)c2c(c1C(=O)NCc1ccc(OC)c3ccccc13)OC1=CC(=O)C(C(C)=O)C(=O)[C@]12C.